The van der Waals surface area contributed by atoms with E-state index in [9.17, 15) is 4.79 Å². The highest BCUT2D eigenvalue weighted by Crippen LogP contribution is 2.43. The summed E-state index contributed by atoms with van der Waals surface area (Å²) in [7, 11) is 1.95. The van der Waals surface area contributed by atoms with E-state index in [0.717, 1.165) is 45.3 Å². The fraction of sp³-hybridized carbons (Fsp3) is 0.789. The van der Waals surface area contributed by atoms with E-state index in [-0.39, 0.29) is 6.04 Å². The molecule has 3 fully saturated rings. The zero-order valence-electron chi connectivity index (χ0n) is 15.4. The zero-order valence-corrected chi connectivity index (χ0v) is 15.4. The number of nitrogens with zero attached hydrogens (tertiary/aromatic N) is 3. The van der Waals surface area contributed by atoms with E-state index in [1.54, 1.807) is 0 Å². The first kappa shape index (κ1) is 17.0. The minimum atomic E-state index is 0.178. The predicted molar refractivity (Wildman–Crippen MR) is 95.0 cm³/mol. The van der Waals surface area contributed by atoms with Crippen LogP contribution >= 0.6 is 0 Å². The van der Waals surface area contributed by atoms with Crippen molar-refractivity contribution < 1.29 is 9.53 Å². The Balaban J connectivity index is 1.43. The standard InChI is InChI=1S/C19H30N4O2/c1-3-25-17-8-15(9-17)20-10-13-4-7-18(24)23(16-5-6-16)19(13)14-11-21-22(2)12-14/h11-13,15-17,19-20H,3-10H2,1-2H3/t13-,15?,17?,19+/m1/s1. The molecule has 0 aromatic carbocycles. The van der Waals surface area contributed by atoms with Crippen LogP contribution in [0.4, 0.5) is 0 Å². The number of ether oxygens (including phenoxy) is 1. The minimum absolute atomic E-state index is 0.178. The van der Waals surface area contributed by atoms with Crippen molar-refractivity contribution in [3.8, 4) is 0 Å². The lowest BCUT2D eigenvalue weighted by Gasteiger charge is -2.43. The molecule has 138 valence electrons. The van der Waals surface area contributed by atoms with Crippen LogP contribution in [0.3, 0.4) is 0 Å². The fourth-order valence-corrected chi connectivity index (χ4v) is 4.42. The summed E-state index contributed by atoms with van der Waals surface area (Å²) in [4.78, 5) is 14.8. The number of hydrogen-bond donors (Lipinski definition) is 1. The molecule has 2 saturated carbocycles. The smallest absolute Gasteiger partial charge is 0.223 e. The lowest BCUT2D eigenvalue weighted by Crippen LogP contribution is -2.51. The molecule has 1 aliphatic heterocycles. The highest BCUT2D eigenvalue weighted by atomic mass is 16.5. The van der Waals surface area contributed by atoms with Crippen molar-refractivity contribution in [2.45, 2.75) is 69.7 Å². The number of piperidine rings is 1. The molecule has 6 nitrogen and oxygen atoms in total. The van der Waals surface area contributed by atoms with Gasteiger partial charge in [-0.1, -0.05) is 0 Å². The van der Waals surface area contributed by atoms with Gasteiger partial charge in [-0.2, -0.15) is 5.10 Å². The van der Waals surface area contributed by atoms with Crippen molar-refractivity contribution in [2.75, 3.05) is 13.2 Å². The second kappa shape index (κ2) is 7.08. The van der Waals surface area contributed by atoms with Crippen LogP contribution in [-0.2, 0) is 16.6 Å². The fourth-order valence-electron chi connectivity index (χ4n) is 4.42. The van der Waals surface area contributed by atoms with Gasteiger partial charge in [0.25, 0.3) is 0 Å². The van der Waals surface area contributed by atoms with Crippen LogP contribution in [0.1, 0.15) is 57.1 Å². The van der Waals surface area contributed by atoms with Crippen molar-refractivity contribution >= 4 is 5.91 Å². The molecule has 25 heavy (non-hydrogen) atoms. The lowest BCUT2D eigenvalue weighted by atomic mass is 9.83. The predicted octanol–water partition coefficient (Wildman–Crippen LogP) is 2.02. The summed E-state index contributed by atoms with van der Waals surface area (Å²) in [5.74, 6) is 0.793. The Labute approximate surface area is 149 Å². The molecular weight excluding hydrogens is 316 g/mol. The van der Waals surface area contributed by atoms with Gasteiger partial charge in [0, 0.05) is 50.5 Å². The highest BCUT2D eigenvalue weighted by molar-refractivity contribution is 5.78. The van der Waals surface area contributed by atoms with Gasteiger partial charge in [0.1, 0.15) is 0 Å². The first-order valence-electron chi connectivity index (χ1n) is 9.80. The topological polar surface area (TPSA) is 59.4 Å². The maximum atomic E-state index is 12.6. The number of amides is 1. The van der Waals surface area contributed by atoms with E-state index in [1.807, 2.05) is 17.9 Å². The van der Waals surface area contributed by atoms with E-state index in [0.29, 0.717) is 36.4 Å². The van der Waals surface area contributed by atoms with E-state index < -0.39 is 0 Å². The molecule has 3 aliphatic rings. The Bertz CT molecular complexity index is 606. The number of carbonyl (C=O) groups is 1. The van der Waals surface area contributed by atoms with Crippen LogP contribution in [0, 0.1) is 5.92 Å². The Kier molecular flexibility index (Phi) is 4.82. The van der Waals surface area contributed by atoms with Crippen LogP contribution in [0.2, 0.25) is 0 Å². The second-order valence-electron chi connectivity index (χ2n) is 7.88. The average molecular weight is 346 g/mol. The first-order chi connectivity index (χ1) is 12.2. The Hall–Kier alpha value is -1.40. The summed E-state index contributed by atoms with van der Waals surface area (Å²) in [6, 6.07) is 1.20. The van der Waals surface area contributed by atoms with Crippen molar-refractivity contribution in [3.63, 3.8) is 0 Å². The molecule has 2 atom stereocenters. The Morgan fingerprint density at radius 3 is 2.76 bits per heavy atom. The molecule has 0 bridgehead atoms. The van der Waals surface area contributed by atoms with E-state index in [1.165, 1.54) is 5.56 Å². The minimum Gasteiger partial charge on any atom is -0.378 e. The first-order valence-corrected chi connectivity index (χ1v) is 9.80. The van der Waals surface area contributed by atoms with Crippen LogP contribution in [0.15, 0.2) is 12.4 Å². The summed E-state index contributed by atoms with van der Waals surface area (Å²) in [6.07, 6.45) is 10.7. The van der Waals surface area contributed by atoms with Gasteiger partial charge in [0.15, 0.2) is 0 Å². The van der Waals surface area contributed by atoms with Gasteiger partial charge in [-0.25, -0.2) is 0 Å². The second-order valence-corrected chi connectivity index (χ2v) is 7.88. The Morgan fingerprint density at radius 2 is 2.12 bits per heavy atom. The number of aromatic nitrogens is 2. The molecule has 2 heterocycles. The SMILES string of the molecule is CCOC1CC(NC[C@H]2CCC(=O)N(C3CC3)[C@@H]2c2cnn(C)c2)C1. The van der Waals surface area contributed by atoms with E-state index >= 15 is 0 Å². The molecule has 0 radical (unpaired) electrons. The zero-order chi connectivity index (χ0) is 17.4. The van der Waals surface area contributed by atoms with Crippen molar-refractivity contribution in [3.05, 3.63) is 18.0 Å². The normalized spacial score (nSPS) is 32.7. The molecule has 1 saturated heterocycles. The number of rotatable bonds is 7. The summed E-state index contributed by atoms with van der Waals surface area (Å²) < 4.78 is 7.51. The van der Waals surface area contributed by atoms with Crippen LogP contribution < -0.4 is 5.32 Å². The number of carbonyl (C=O) groups excluding carboxylic acids is 1. The van der Waals surface area contributed by atoms with Crippen LogP contribution in [-0.4, -0.2) is 51.9 Å². The average Bonchev–Trinajstić information content (AvgIpc) is 3.31. The molecule has 1 aromatic rings. The van der Waals surface area contributed by atoms with Crippen molar-refractivity contribution in [1.29, 1.82) is 0 Å². The third-order valence-corrected chi connectivity index (χ3v) is 5.94. The van der Waals surface area contributed by atoms with Gasteiger partial charge >= 0.3 is 0 Å². The number of nitrogens with one attached hydrogen (secondary N) is 1. The van der Waals surface area contributed by atoms with E-state index in [2.05, 4.69) is 28.4 Å². The largest absolute Gasteiger partial charge is 0.378 e. The van der Waals surface area contributed by atoms with Gasteiger partial charge in [0.2, 0.25) is 5.91 Å². The van der Waals surface area contributed by atoms with Crippen LogP contribution in [0.5, 0.6) is 0 Å². The summed E-state index contributed by atoms with van der Waals surface area (Å²) >= 11 is 0. The molecule has 6 heteroatoms. The number of aryl methyl sites for hydroxylation is 1. The van der Waals surface area contributed by atoms with Gasteiger partial charge < -0.3 is 15.0 Å². The number of hydrogen-bond acceptors (Lipinski definition) is 4. The maximum absolute atomic E-state index is 12.6. The third kappa shape index (κ3) is 3.60. The summed E-state index contributed by atoms with van der Waals surface area (Å²) in [5, 5.41) is 8.09. The number of likely N-dealkylation sites (tertiary alicyclic amines) is 1. The lowest BCUT2D eigenvalue weighted by molar-refractivity contribution is -0.140. The van der Waals surface area contributed by atoms with Gasteiger partial charge in [-0.05, 0) is 44.9 Å². The van der Waals surface area contributed by atoms with Gasteiger partial charge in [-0.15, -0.1) is 0 Å². The third-order valence-electron chi connectivity index (χ3n) is 5.94. The highest BCUT2D eigenvalue weighted by Gasteiger charge is 2.44. The van der Waals surface area contributed by atoms with Gasteiger partial charge in [-0.3, -0.25) is 9.48 Å². The van der Waals surface area contributed by atoms with Crippen molar-refractivity contribution in [2.24, 2.45) is 13.0 Å². The molecule has 0 spiro atoms. The molecule has 1 aromatic heterocycles. The molecular formula is C19H30N4O2. The van der Waals surface area contributed by atoms with Crippen LogP contribution in [0.25, 0.3) is 0 Å². The van der Waals surface area contributed by atoms with Gasteiger partial charge in [0.05, 0.1) is 18.3 Å². The maximum Gasteiger partial charge on any atom is 0.223 e. The van der Waals surface area contributed by atoms with E-state index in [4.69, 9.17) is 4.74 Å². The molecule has 0 unspecified atom stereocenters. The molecule has 2 aliphatic carbocycles. The quantitative estimate of drug-likeness (QED) is 0.821. The molecule has 1 amide bonds. The molecule has 1 N–H and O–H groups in total. The summed E-state index contributed by atoms with van der Waals surface area (Å²) in [6.45, 7) is 3.84. The summed E-state index contributed by atoms with van der Waals surface area (Å²) in [5.41, 5.74) is 1.19. The van der Waals surface area contributed by atoms with Crippen molar-refractivity contribution in [1.82, 2.24) is 20.0 Å². The molecule has 4 rings (SSSR count). The monoisotopic (exact) mass is 346 g/mol. The Morgan fingerprint density at radius 1 is 1.32 bits per heavy atom.